The van der Waals surface area contributed by atoms with Crippen LogP contribution in [0.2, 0.25) is 0 Å². The van der Waals surface area contributed by atoms with Gasteiger partial charge >= 0.3 is 0 Å². The van der Waals surface area contributed by atoms with E-state index < -0.39 is 0 Å². The Morgan fingerprint density at radius 1 is 1.88 bits per heavy atom. The van der Waals surface area contributed by atoms with Gasteiger partial charge in [-0.1, -0.05) is 0 Å². The summed E-state index contributed by atoms with van der Waals surface area (Å²) < 4.78 is 9.91. The molecule has 0 saturated carbocycles. The highest BCUT2D eigenvalue weighted by atomic mass is 35.5. The Morgan fingerprint density at radius 3 is 2.62 bits per heavy atom. The van der Waals surface area contributed by atoms with Gasteiger partial charge in [0.2, 0.25) is 0 Å². The van der Waals surface area contributed by atoms with Crippen molar-refractivity contribution in [2.45, 2.75) is 18.8 Å². The molecular weight excluding hydrogens is 128 g/mol. The molecule has 2 nitrogen and oxygen atoms in total. The minimum atomic E-state index is -0.198. The third kappa shape index (κ3) is 0.835. The van der Waals surface area contributed by atoms with E-state index in [0.717, 1.165) is 0 Å². The summed E-state index contributed by atoms with van der Waals surface area (Å²) >= 11 is 5.51. The summed E-state index contributed by atoms with van der Waals surface area (Å²) in [5.41, 5.74) is -0.198. The van der Waals surface area contributed by atoms with Crippen LogP contribution in [-0.4, -0.2) is 24.9 Å². The molecule has 0 aliphatic carbocycles. The maximum atomic E-state index is 5.51. The maximum absolute atomic E-state index is 5.51. The molecule has 1 fully saturated rings. The molecule has 0 aromatic carbocycles. The fraction of sp³-hybridized carbons (Fsp3) is 1.00. The van der Waals surface area contributed by atoms with Crippen LogP contribution < -0.4 is 0 Å². The molecule has 0 radical (unpaired) electrons. The lowest BCUT2D eigenvalue weighted by atomic mass is 10.2. The van der Waals surface area contributed by atoms with Gasteiger partial charge in [0.15, 0.2) is 6.29 Å². The highest BCUT2D eigenvalue weighted by Crippen LogP contribution is 2.36. The Bertz CT molecular complexity index is 96.4. The van der Waals surface area contributed by atoms with Crippen LogP contribution in [-0.2, 0) is 9.47 Å². The number of alkyl halides is 1. The lowest BCUT2D eigenvalue weighted by molar-refractivity contribution is 0.0950. The standard InChI is InChI=1S/C5H9ClO2/c1-5(3-6)4(7-2)8-5/h4H,3H2,1-2H3. The molecule has 0 aromatic heterocycles. The lowest BCUT2D eigenvalue weighted by Crippen LogP contribution is -2.12. The van der Waals surface area contributed by atoms with Crippen molar-refractivity contribution in [3.05, 3.63) is 0 Å². The number of halogens is 1. The monoisotopic (exact) mass is 136 g/mol. The minimum Gasteiger partial charge on any atom is -0.353 e. The van der Waals surface area contributed by atoms with Crippen molar-refractivity contribution in [1.82, 2.24) is 0 Å². The van der Waals surface area contributed by atoms with Crippen molar-refractivity contribution in [2.75, 3.05) is 13.0 Å². The Morgan fingerprint density at radius 2 is 2.50 bits per heavy atom. The Labute approximate surface area is 53.7 Å². The molecule has 0 aromatic rings. The first-order chi connectivity index (χ1) is 3.73. The summed E-state index contributed by atoms with van der Waals surface area (Å²) in [6.07, 6.45) is -0.0694. The van der Waals surface area contributed by atoms with Crippen molar-refractivity contribution in [3.8, 4) is 0 Å². The van der Waals surface area contributed by atoms with Crippen LogP contribution in [0.25, 0.3) is 0 Å². The molecule has 8 heavy (non-hydrogen) atoms. The van der Waals surface area contributed by atoms with E-state index in [1.54, 1.807) is 7.11 Å². The van der Waals surface area contributed by atoms with Gasteiger partial charge in [0.1, 0.15) is 5.60 Å². The quantitative estimate of drug-likeness (QED) is 0.417. The first-order valence-corrected chi connectivity index (χ1v) is 3.03. The predicted octanol–water partition coefficient (Wildman–Crippen LogP) is 0.987. The van der Waals surface area contributed by atoms with Gasteiger partial charge in [0, 0.05) is 7.11 Å². The van der Waals surface area contributed by atoms with Gasteiger partial charge in [0.25, 0.3) is 0 Å². The first kappa shape index (κ1) is 6.33. The molecule has 1 rings (SSSR count). The third-order valence-electron chi connectivity index (χ3n) is 1.30. The summed E-state index contributed by atoms with van der Waals surface area (Å²) in [7, 11) is 1.61. The number of rotatable bonds is 2. The summed E-state index contributed by atoms with van der Waals surface area (Å²) in [6.45, 7) is 1.92. The van der Waals surface area contributed by atoms with E-state index in [2.05, 4.69) is 0 Å². The third-order valence-corrected chi connectivity index (χ3v) is 1.83. The van der Waals surface area contributed by atoms with Crippen molar-refractivity contribution in [1.29, 1.82) is 0 Å². The average Bonchev–Trinajstić information content (AvgIpc) is 2.44. The van der Waals surface area contributed by atoms with E-state index in [-0.39, 0.29) is 11.9 Å². The number of ether oxygens (including phenoxy) is 2. The topological polar surface area (TPSA) is 21.8 Å². The van der Waals surface area contributed by atoms with Crippen molar-refractivity contribution >= 4 is 11.6 Å². The number of hydrogen-bond donors (Lipinski definition) is 0. The Kier molecular flexibility index (Phi) is 1.48. The predicted molar refractivity (Wildman–Crippen MR) is 31.0 cm³/mol. The average molecular weight is 137 g/mol. The zero-order chi connectivity index (χ0) is 6.20. The van der Waals surface area contributed by atoms with Crippen molar-refractivity contribution < 1.29 is 9.47 Å². The molecule has 1 aliphatic rings. The number of methoxy groups -OCH3 is 1. The normalized spacial score (nSPS) is 44.6. The van der Waals surface area contributed by atoms with E-state index in [1.165, 1.54) is 0 Å². The largest absolute Gasteiger partial charge is 0.353 e. The van der Waals surface area contributed by atoms with Crippen molar-refractivity contribution in [2.24, 2.45) is 0 Å². The van der Waals surface area contributed by atoms with Gasteiger partial charge in [-0.2, -0.15) is 0 Å². The summed E-state index contributed by atoms with van der Waals surface area (Å²) in [5.74, 6) is 0.505. The van der Waals surface area contributed by atoms with Crippen LogP contribution in [0.5, 0.6) is 0 Å². The summed E-state index contributed by atoms with van der Waals surface area (Å²) in [6, 6.07) is 0. The van der Waals surface area contributed by atoms with E-state index in [0.29, 0.717) is 5.88 Å². The van der Waals surface area contributed by atoms with Gasteiger partial charge in [-0.15, -0.1) is 11.6 Å². The molecule has 2 unspecified atom stereocenters. The minimum absolute atomic E-state index is 0.0694. The van der Waals surface area contributed by atoms with Gasteiger partial charge in [-0.25, -0.2) is 0 Å². The van der Waals surface area contributed by atoms with Crippen LogP contribution in [0.3, 0.4) is 0 Å². The van der Waals surface area contributed by atoms with Crippen LogP contribution in [0.1, 0.15) is 6.92 Å². The molecule has 0 bridgehead atoms. The van der Waals surface area contributed by atoms with Gasteiger partial charge in [-0.05, 0) is 6.92 Å². The van der Waals surface area contributed by atoms with Crippen molar-refractivity contribution in [3.63, 3.8) is 0 Å². The van der Waals surface area contributed by atoms with Gasteiger partial charge in [0.05, 0.1) is 5.88 Å². The Hall–Kier alpha value is 0.210. The molecule has 1 aliphatic heterocycles. The highest BCUT2D eigenvalue weighted by molar-refractivity contribution is 6.18. The number of epoxide rings is 1. The smallest absolute Gasteiger partial charge is 0.188 e. The second-order valence-electron chi connectivity index (χ2n) is 2.13. The van der Waals surface area contributed by atoms with E-state index in [4.69, 9.17) is 21.1 Å². The number of hydrogen-bond acceptors (Lipinski definition) is 2. The molecule has 3 heteroatoms. The summed E-state index contributed by atoms with van der Waals surface area (Å²) in [4.78, 5) is 0. The lowest BCUT2D eigenvalue weighted by Gasteiger charge is -1.94. The van der Waals surface area contributed by atoms with Gasteiger partial charge < -0.3 is 9.47 Å². The van der Waals surface area contributed by atoms with E-state index >= 15 is 0 Å². The highest BCUT2D eigenvalue weighted by Gasteiger charge is 2.52. The second kappa shape index (κ2) is 1.87. The summed E-state index contributed by atoms with van der Waals surface area (Å²) in [5, 5.41) is 0. The molecular formula is C5H9ClO2. The van der Waals surface area contributed by atoms with E-state index in [1.807, 2.05) is 6.92 Å². The molecule has 48 valence electrons. The van der Waals surface area contributed by atoms with Crippen LogP contribution in [0.4, 0.5) is 0 Å². The molecule has 0 amide bonds. The first-order valence-electron chi connectivity index (χ1n) is 2.49. The zero-order valence-corrected chi connectivity index (χ0v) is 5.73. The van der Waals surface area contributed by atoms with Crippen LogP contribution >= 0.6 is 11.6 Å². The second-order valence-corrected chi connectivity index (χ2v) is 2.40. The maximum Gasteiger partial charge on any atom is 0.188 e. The molecule has 0 N–H and O–H groups in total. The molecule has 1 heterocycles. The van der Waals surface area contributed by atoms with E-state index in [9.17, 15) is 0 Å². The molecule has 0 spiro atoms. The van der Waals surface area contributed by atoms with Crippen LogP contribution in [0, 0.1) is 0 Å². The fourth-order valence-corrected chi connectivity index (χ4v) is 0.791. The molecule has 1 saturated heterocycles. The van der Waals surface area contributed by atoms with Gasteiger partial charge in [-0.3, -0.25) is 0 Å². The zero-order valence-electron chi connectivity index (χ0n) is 4.98. The van der Waals surface area contributed by atoms with Crippen LogP contribution in [0.15, 0.2) is 0 Å². The Balaban J connectivity index is 2.31. The molecule has 2 atom stereocenters. The fourth-order valence-electron chi connectivity index (χ4n) is 0.602. The SMILES string of the molecule is COC1OC1(C)CCl.